The molecule has 0 aromatic carbocycles. The van der Waals surface area contributed by atoms with E-state index in [9.17, 15) is 14.4 Å². The average Bonchev–Trinajstić information content (AvgIpc) is 2.84. The highest BCUT2D eigenvalue weighted by atomic mass is 16.4. The molecule has 1 aliphatic rings. The number of amides is 3. The second-order valence-electron chi connectivity index (χ2n) is 5.84. The molecule has 20 heavy (non-hydrogen) atoms. The van der Waals surface area contributed by atoms with Crippen LogP contribution in [0.1, 0.15) is 33.1 Å². The van der Waals surface area contributed by atoms with Crippen LogP contribution in [-0.4, -0.2) is 42.6 Å². The summed E-state index contributed by atoms with van der Waals surface area (Å²) in [6, 6.07) is -0.475. The average molecular weight is 285 g/mol. The number of aliphatic carboxylic acids is 1. The van der Waals surface area contributed by atoms with Crippen LogP contribution in [0.15, 0.2) is 0 Å². The molecule has 0 bridgehead atoms. The molecule has 0 aromatic rings. The summed E-state index contributed by atoms with van der Waals surface area (Å²) in [4.78, 5) is 34.1. The van der Waals surface area contributed by atoms with Crippen molar-refractivity contribution in [2.45, 2.75) is 39.2 Å². The van der Waals surface area contributed by atoms with Gasteiger partial charge >= 0.3 is 12.0 Å². The minimum absolute atomic E-state index is 0.112. The smallest absolute Gasteiger partial charge is 0.315 e. The molecule has 3 amide bonds. The van der Waals surface area contributed by atoms with Crippen molar-refractivity contribution in [3.8, 4) is 0 Å². The zero-order valence-electron chi connectivity index (χ0n) is 12.2. The summed E-state index contributed by atoms with van der Waals surface area (Å²) in [6.07, 6.45) is 1.72. The lowest BCUT2D eigenvalue weighted by molar-refractivity contribution is -0.141. The second-order valence-corrected chi connectivity index (χ2v) is 5.84. The number of rotatable bonds is 5. The second kappa shape index (κ2) is 6.58. The lowest BCUT2D eigenvalue weighted by atomic mass is 9.92. The Hall–Kier alpha value is -1.79. The highest BCUT2D eigenvalue weighted by Crippen LogP contribution is 2.25. The molecule has 1 rings (SSSR count). The topological polar surface area (TPSA) is 108 Å². The fourth-order valence-electron chi connectivity index (χ4n) is 2.29. The van der Waals surface area contributed by atoms with Crippen LogP contribution in [-0.2, 0) is 9.59 Å². The minimum atomic E-state index is -0.810. The molecule has 1 fully saturated rings. The molecule has 1 aliphatic carbocycles. The Balaban J connectivity index is 2.35. The van der Waals surface area contributed by atoms with Gasteiger partial charge in [0.25, 0.3) is 0 Å². The molecule has 0 aliphatic heterocycles. The van der Waals surface area contributed by atoms with E-state index in [1.165, 1.54) is 0 Å². The Labute approximate surface area is 118 Å². The van der Waals surface area contributed by atoms with Gasteiger partial charge in [0.05, 0.1) is 11.3 Å². The van der Waals surface area contributed by atoms with E-state index in [-0.39, 0.29) is 30.4 Å². The lowest BCUT2D eigenvalue weighted by Crippen LogP contribution is -2.48. The van der Waals surface area contributed by atoms with Crippen molar-refractivity contribution in [3.05, 3.63) is 0 Å². The molecule has 0 heterocycles. The standard InChI is InChI=1S/C13H23N3O4/c1-13(2,11(19)14-3)7-15-12(20)16-9-5-4-8(6-9)10(17)18/h8-9H,4-7H2,1-3H3,(H,14,19)(H,17,18)(H2,15,16,20). The van der Waals surface area contributed by atoms with Crippen LogP contribution < -0.4 is 16.0 Å². The van der Waals surface area contributed by atoms with Gasteiger partial charge in [0.15, 0.2) is 0 Å². The number of nitrogens with one attached hydrogen (secondary N) is 3. The molecular weight excluding hydrogens is 262 g/mol. The van der Waals surface area contributed by atoms with Gasteiger partial charge < -0.3 is 21.1 Å². The highest BCUT2D eigenvalue weighted by Gasteiger charge is 2.31. The summed E-state index contributed by atoms with van der Waals surface area (Å²) in [5, 5.41) is 16.8. The third-order valence-corrected chi connectivity index (χ3v) is 3.65. The van der Waals surface area contributed by atoms with Crippen molar-refractivity contribution in [2.75, 3.05) is 13.6 Å². The SMILES string of the molecule is CNC(=O)C(C)(C)CNC(=O)NC1CCC(C(=O)O)C1. The highest BCUT2D eigenvalue weighted by molar-refractivity contribution is 5.83. The van der Waals surface area contributed by atoms with E-state index in [0.29, 0.717) is 19.3 Å². The van der Waals surface area contributed by atoms with Gasteiger partial charge in [-0.3, -0.25) is 9.59 Å². The zero-order valence-corrected chi connectivity index (χ0v) is 12.2. The van der Waals surface area contributed by atoms with Crippen molar-refractivity contribution < 1.29 is 19.5 Å². The third-order valence-electron chi connectivity index (χ3n) is 3.65. The van der Waals surface area contributed by atoms with E-state index in [1.54, 1.807) is 20.9 Å². The van der Waals surface area contributed by atoms with E-state index < -0.39 is 11.4 Å². The molecule has 1 saturated carbocycles. The predicted molar refractivity (Wildman–Crippen MR) is 73.1 cm³/mol. The van der Waals surface area contributed by atoms with Crippen LogP contribution >= 0.6 is 0 Å². The summed E-state index contributed by atoms with van der Waals surface area (Å²) in [7, 11) is 1.55. The van der Waals surface area contributed by atoms with E-state index in [4.69, 9.17) is 5.11 Å². The van der Waals surface area contributed by atoms with Crippen molar-refractivity contribution in [2.24, 2.45) is 11.3 Å². The Morgan fingerprint density at radius 3 is 2.40 bits per heavy atom. The molecule has 114 valence electrons. The third kappa shape index (κ3) is 4.40. The fraction of sp³-hybridized carbons (Fsp3) is 0.769. The van der Waals surface area contributed by atoms with E-state index in [2.05, 4.69) is 16.0 Å². The lowest BCUT2D eigenvalue weighted by Gasteiger charge is -2.23. The van der Waals surface area contributed by atoms with Crippen LogP contribution in [0.25, 0.3) is 0 Å². The largest absolute Gasteiger partial charge is 0.481 e. The summed E-state index contributed by atoms with van der Waals surface area (Å²) in [5.41, 5.74) is -0.689. The van der Waals surface area contributed by atoms with E-state index >= 15 is 0 Å². The summed E-state index contributed by atoms with van der Waals surface area (Å²) < 4.78 is 0. The van der Waals surface area contributed by atoms with Gasteiger partial charge in [-0.2, -0.15) is 0 Å². The monoisotopic (exact) mass is 285 g/mol. The van der Waals surface area contributed by atoms with Crippen molar-refractivity contribution >= 4 is 17.9 Å². The van der Waals surface area contributed by atoms with Crippen LogP contribution in [0.4, 0.5) is 4.79 Å². The molecule has 2 atom stereocenters. The molecule has 0 saturated heterocycles. The molecule has 0 aromatic heterocycles. The van der Waals surface area contributed by atoms with Gasteiger partial charge in [0, 0.05) is 19.6 Å². The van der Waals surface area contributed by atoms with Crippen LogP contribution in [0, 0.1) is 11.3 Å². The van der Waals surface area contributed by atoms with Gasteiger partial charge in [-0.25, -0.2) is 4.79 Å². The minimum Gasteiger partial charge on any atom is -0.481 e. The molecule has 7 heteroatoms. The molecule has 4 N–H and O–H groups in total. The number of hydrogen-bond donors (Lipinski definition) is 4. The number of hydrogen-bond acceptors (Lipinski definition) is 3. The van der Waals surface area contributed by atoms with E-state index in [0.717, 1.165) is 0 Å². The maximum atomic E-state index is 11.7. The number of carbonyl (C=O) groups excluding carboxylic acids is 2. The van der Waals surface area contributed by atoms with Crippen molar-refractivity contribution in [3.63, 3.8) is 0 Å². The Bertz CT molecular complexity index is 395. The van der Waals surface area contributed by atoms with Gasteiger partial charge in [-0.15, -0.1) is 0 Å². The fourth-order valence-corrected chi connectivity index (χ4v) is 2.29. The Kier molecular flexibility index (Phi) is 5.35. The first kappa shape index (κ1) is 16.3. The van der Waals surface area contributed by atoms with Gasteiger partial charge in [-0.1, -0.05) is 0 Å². The van der Waals surface area contributed by atoms with Crippen LogP contribution in [0.3, 0.4) is 0 Å². The Morgan fingerprint density at radius 2 is 1.90 bits per heavy atom. The maximum Gasteiger partial charge on any atom is 0.315 e. The van der Waals surface area contributed by atoms with Gasteiger partial charge in [-0.05, 0) is 33.1 Å². The Morgan fingerprint density at radius 1 is 1.25 bits per heavy atom. The van der Waals surface area contributed by atoms with Crippen LogP contribution in [0.2, 0.25) is 0 Å². The zero-order chi connectivity index (χ0) is 15.3. The summed E-state index contributed by atoms with van der Waals surface area (Å²) in [6.45, 7) is 3.69. The first-order valence-electron chi connectivity index (χ1n) is 6.75. The number of carbonyl (C=O) groups is 3. The number of urea groups is 1. The normalized spacial score (nSPS) is 22.1. The molecular formula is C13H23N3O4. The quantitative estimate of drug-likeness (QED) is 0.583. The van der Waals surface area contributed by atoms with Crippen molar-refractivity contribution in [1.29, 1.82) is 0 Å². The van der Waals surface area contributed by atoms with Gasteiger partial charge in [0.2, 0.25) is 5.91 Å². The van der Waals surface area contributed by atoms with Gasteiger partial charge in [0.1, 0.15) is 0 Å². The summed E-state index contributed by atoms with van der Waals surface area (Å²) >= 11 is 0. The first-order chi connectivity index (χ1) is 9.26. The number of carboxylic acid groups (broad SMARTS) is 1. The molecule has 0 radical (unpaired) electrons. The van der Waals surface area contributed by atoms with Crippen LogP contribution in [0.5, 0.6) is 0 Å². The van der Waals surface area contributed by atoms with E-state index in [1.807, 2.05) is 0 Å². The predicted octanol–water partition coefficient (Wildman–Crippen LogP) is 0.311. The summed E-state index contributed by atoms with van der Waals surface area (Å²) in [5.74, 6) is -1.33. The van der Waals surface area contributed by atoms with Crippen molar-refractivity contribution in [1.82, 2.24) is 16.0 Å². The molecule has 0 spiro atoms. The first-order valence-corrected chi connectivity index (χ1v) is 6.75. The number of carboxylic acids is 1. The molecule has 2 unspecified atom stereocenters. The maximum absolute atomic E-state index is 11.7. The molecule has 7 nitrogen and oxygen atoms in total.